The molecule has 0 aliphatic rings. The fourth-order valence-electron chi connectivity index (χ4n) is 2.00. The molecule has 1 N–H and O–H groups in total. The van der Waals surface area contributed by atoms with Gasteiger partial charge in [0.15, 0.2) is 0 Å². The number of ether oxygens (including phenoxy) is 1. The van der Waals surface area contributed by atoms with Gasteiger partial charge in [-0.3, -0.25) is 0 Å². The zero-order valence-corrected chi connectivity index (χ0v) is 10.7. The topological polar surface area (TPSA) is 29.5 Å². The van der Waals surface area contributed by atoms with E-state index >= 15 is 0 Å². The van der Waals surface area contributed by atoms with Gasteiger partial charge in [-0.2, -0.15) is 0 Å². The molecule has 0 aliphatic heterocycles. The third-order valence-electron chi connectivity index (χ3n) is 3.01. The van der Waals surface area contributed by atoms with E-state index in [1.165, 1.54) is 25.3 Å². The number of benzene rings is 2. The Labute approximate surface area is 114 Å². The molecule has 0 fully saturated rings. The average Bonchev–Trinajstić information content (AvgIpc) is 2.43. The minimum atomic E-state index is -1.27. The van der Waals surface area contributed by atoms with Crippen molar-refractivity contribution in [2.75, 3.05) is 7.11 Å². The van der Waals surface area contributed by atoms with E-state index in [1.807, 2.05) is 0 Å². The number of aliphatic hydroxyl groups is 1. The fourth-order valence-corrected chi connectivity index (χ4v) is 2.00. The highest BCUT2D eigenvalue weighted by molar-refractivity contribution is 5.37. The molecule has 0 radical (unpaired) electrons. The van der Waals surface area contributed by atoms with Crippen LogP contribution in [0.25, 0.3) is 0 Å². The molecule has 5 heteroatoms. The van der Waals surface area contributed by atoms with Gasteiger partial charge < -0.3 is 9.84 Å². The summed E-state index contributed by atoms with van der Waals surface area (Å²) in [6, 6.07) is 7.07. The van der Waals surface area contributed by atoms with Crippen LogP contribution >= 0.6 is 0 Å². The Balaban J connectivity index is 2.33. The van der Waals surface area contributed by atoms with Crippen LogP contribution in [0.15, 0.2) is 36.4 Å². The lowest BCUT2D eigenvalue weighted by Gasteiger charge is -2.15. The van der Waals surface area contributed by atoms with E-state index in [0.717, 1.165) is 18.2 Å². The van der Waals surface area contributed by atoms with Crippen LogP contribution in [0.4, 0.5) is 13.2 Å². The fraction of sp³-hybridized carbons (Fsp3) is 0.200. The van der Waals surface area contributed by atoms with Crippen molar-refractivity contribution in [3.8, 4) is 5.75 Å². The van der Waals surface area contributed by atoms with Crippen LogP contribution in [-0.4, -0.2) is 12.2 Å². The molecule has 0 saturated heterocycles. The highest BCUT2D eigenvalue weighted by Crippen LogP contribution is 2.29. The number of methoxy groups -OCH3 is 1. The van der Waals surface area contributed by atoms with Crippen molar-refractivity contribution in [1.82, 2.24) is 0 Å². The van der Waals surface area contributed by atoms with Crippen molar-refractivity contribution in [3.63, 3.8) is 0 Å². The second-order valence-corrected chi connectivity index (χ2v) is 4.31. The summed E-state index contributed by atoms with van der Waals surface area (Å²) in [7, 11) is 1.37. The minimum absolute atomic E-state index is 0.148. The predicted octanol–water partition coefficient (Wildman–Crippen LogP) is 3.39. The summed E-state index contributed by atoms with van der Waals surface area (Å²) >= 11 is 0. The predicted molar refractivity (Wildman–Crippen MR) is 68.0 cm³/mol. The molecule has 1 atom stereocenters. The zero-order valence-electron chi connectivity index (χ0n) is 10.7. The first-order valence-corrected chi connectivity index (χ1v) is 5.97. The Kier molecular flexibility index (Phi) is 4.29. The van der Waals surface area contributed by atoms with Crippen LogP contribution in [0.5, 0.6) is 5.75 Å². The first-order chi connectivity index (χ1) is 9.52. The highest BCUT2D eigenvalue weighted by atomic mass is 19.1. The van der Waals surface area contributed by atoms with Crippen LogP contribution < -0.4 is 4.74 Å². The number of hydrogen-bond donors (Lipinski definition) is 1. The third kappa shape index (κ3) is 2.93. The summed E-state index contributed by atoms with van der Waals surface area (Å²) in [4.78, 5) is 0. The molecule has 2 nitrogen and oxygen atoms in total. The summed E-state index contributed by atoms with van der Waals surface area (Å²) in [6.07, 6.45) is -1.58. The molecule has 106 valence electrons. The maximum absolute atomic E-state index is 13.5. The van der Waals surface area contributed by atoms with Gasteiger partial charge in [-0.05, 0) is 30.3 Å². The first-order valence-electron chi connectivity index (χ1n) is 5.97. The Morgan fingerprint density at radius 1 is 1.10 bits per heavy atom. The lowest BCUT2D eigenvalue weighted by Crippen LogP contribution is -2.07. The second kappa shape index (κ2) is 5.96. The molecule has 2 aromatic rings. The van der Waals surface area contributed by atoms with Crippen LogP contribution in [0.3, 0.4) is 0 Å². The summed E-state index contributed by atoms with van der Waals surface area (Å²) in [5.41, 5.74) is -0.0959. The van der Waals surface area contributed by atoms with Gasteiger partial charge in [-0.15, -0.1) is 0 Å². The van der Waals surface area contributed by atoms with Gasteiger partial charge in [0, 0.05) is 17.5 Å². The molecule has 0 spiro atoms. The van der Waals surface area contributed by atoms with Gasteiger partial charge >= 0.3 is 0 Å². The molecular weight excluding hydrogens is 269 g/mol. The molecule has 1 unspecified atom stereocenters. The third-order valence-corrected chi connectivity index (χ3v) is 3.01. The Bertz CT molecular complexity index is 594. The minimum Gasteiger partial charge on any atom is -0.496 e. The van der Waals surface area contributed by atoms with E-state index in [2.05, 4.69) is 0 Å². The smallest absolute Gasteiger partial charge is 0.129 e. The van der Waals surface area contributed by atoms with Gasteiger partial charge in [-0.1, -0.05) is 6.07 Å². The van der Waals surface area contributed by atoms with Crippen LogP contribution in [0.1, 0.15) is 17.2 Å². The van der Waals surface area contributed by atoms with Crippen molar-refractivity contribution < 1.29 is 23.0 Å². The maximum atomic E-state index is 13.5. The molecule has 0 aliphatic carbocycles. The van der Waals surface area contributed by atoms with Gasteiger partial charge in [0.05, 0.1) is 13.2 Å². The largest absolute Gasteiger partial charge is 0.496 e. The van der Waals surface area contributed by atoms with Crippen LogP contribution in [0, 0.1) is 17.5 Å². The number of hydrogen-bond acceptors (Lipinski definition) is 2. The molecule has 2 rings (SSSR count). The molecule has 20 heavy (non-hydrogen) atoms. The first kappa shape index (κ1) is 14.4. The van der Waals surface area contributed by atoms with E-state index in [-0.39, 0.29) is 23.3 Å². The van der Waals surface area contributed by atoms with E-state index in [9.17, 15) is 18.3 Å². The van der Waals surface area contributed by atoms with Crippen molar-refractivity contribution in [1.29, 1.82) is 0 Å². The normalized spacial score (nSPS) is 12.2. The Morgan fingerprint density at radius 2 is 1.75 bits per heavy atom. The lowest BCUT2D eigenvalue weighted by atomic mass is 9.99. The van der Waals surface area contributed by atoms with Crippen molar-refractivity contribution in [3.05, 3.63) is 65.0 Å². The van der Waals surface area contributed by atoms with Gasteiger partial charge in [0.2, 0.25) is 0 Å². The van der Waals surface area contributed by atoms with Gasteiger partial charge in [0.25, 0.3) is 0 Å². The average molecular weight is 282 g/mol. The van der Waals surface area contributed by atoms with Crippen molar-refractivity contribution >= 4 is 0 Å². The second-order valence-electron chi connectivity index (χ2n) is 4.31. The summed E-state index contributed by atoms with van der Waals surface area (Å²) in [5, 5.41) is 10.1. The summed E-state index contributed by atoms with van der Waals surface area (Å²) in [6.45, 7) is 0. The molecule has 2 aromatic carbocycles. The number of rotatable bonds is 4. The highest BCUT2D eigenvalue weighted by Gasteiger charge is 2.19. The standard InChI is InChI=1S/C15H13F3O2/c1-20-15-6-5-9(16)7-11(15)14(19)8-10-12(17)3-2-4-13(10)18/h2-7,14,19H,8H2,1H3. The van der Waals surface area contributed by atoms with Gasteiger partial charge in [-0.25, -0.2) is 13.2 Å². The van der Waals surface area contributed by atoms with Gasteiger partial charge in [0.1, 0.15) is 23.2 Å². The molecular formula is C15H13F3O2. The molecule has 0 bridgehead atoms. The van der Waals surface area contributed by atoms with E-state index in [1.54, 1.807) is 0 Å². The Morgan fingerprint density at radius 3 is 2.35 bits per heavy atom. The van der Waals surface area contributed by atoms with E-state index in [4.69, 9.17) is 4.74 Å². The molecule has 0 amide bonds. The SMILES string of the molecule is COc1ccc(F)cc1C(O)Cc1c(F)cccc1F. The Hall–Kier alpha value is -2.01. The summed E-state index contributed by atoms with van der Waals surface area (Å²) in [5.74, 6) is -1.80. The quantitative estimate of drug-likeness (QED) is 0.931. The molecule has 0 aromatic heterocycles. The maximum Gasteiger partial charge on any atom is 0.129 e. The lowest BCUT2D eigenvalue weighted by molar-refractivity contribution is 0.171. The van der Waals surface area contributed by atoms with E-state index in [0.29, 0.717) is 0 Å². The van der Waals surface area contributed by atoms with Crippen LogP contribution in [0.2, 0.25) is 0 Å². The van der Waals surface area contributed by atoms with Crippen LogP contribution in [-0.2, 0) is 6.42 Å². The number of halogens is 3. The molecule has 0 saturated carbocycles. The summed E-state index contributed by atoms with van der Waals surface area (Å²) < 4.78 is 45.3. The van der Waals surface area contributed by atoms with Crippen molar-refractivity contribution in [2.45, 2.75) is 12.5 Å². The monoisotopic (exact) mass is 282 g/mol. The zero-order chi connectivity index (χ0) is 14.7. The molecule has 0 heterocycles. The van der Waals surface area contributed by atoms with Crippen molar-refractivity contribution in [2.24, 2.45) is 0 Å². The van der Waals surface area contributed by atoms with E-state index < -0.39 is 23.6 Å². The number of aliphatic hydroxyl groups excluding tert-OH is 1.